The summed E-state index contributed by atoms with van der Waals surface area (Å²) in [6.45, 7) is 1.94. The van der Waals surface area contributed by atoms with E-state index in [1.807, 2.05) is 30.3 Å². The molecule has 1 aromatic rings. The fraction of sp³-hybridized carbons (Fsp3) is 0.467. The average molecular weight is 290 g/mol. The second-order valence-electron chi connectivity index (χ2n) is 4.88. The molecule has 6 nitrogen and oxygen atoms in total. The second kappa shape index (κ2) is 7.64. The SMILES string of the molecule is CN=C(NCCOC)NC1CC(=O)N(c2ccccc2)C1. The zero-order valence-corrected chi connectivity index (χ0v) is 12.5. The number of guanidine groups is 1. The topological polar surface area (TPSA) is 66.0 Å². The van der Waals surface area contributed by atoms with Crippen LogP contribution < -0.4 is 15.5 Å². The van der Waals surface area contributed by atoms with Crippen LogP contribution in [0.4, 0.5) is 5.69 Å². The maximum absolute atomic E-state index is 12.1. The Morgan fingerprint density at radius 2 is 2.19 bits per heavy atom. The highest BCUT2D eigenvalue weighted by Crippen LogP contribution is 2.20. The summed E-state index contributed by atoms with van der Waals surface area (Å²) in [5, 5.41) is 6.43. The number of hydrogen-bond donors (Lipinski definition) is 2. The number of nitrogens with one attached hydrogen (secondary N) is 2. The zero-order chi connectivity index (χ0) is 15.1. The van der Waals surface area contributed by atoms with Gasteiger partial charge in [-0.1, -0.05) is 18.2 Å². The average Bonchev–Trinajstić information content (AvgIpc) is 2.88. The maximum atomic E-state index is 12.1. The highest BCUT2D eigenvalue weighted by Gasteiger charge is 2.30. The van der Waals surface area contributed by atoms with Crippen molar-refractivity contribution in [2.45, 2.75) is 12.5 Å². The molecular formula is C15H22N4O2. The number of anilines is 1. The van der Waals surface area contributed by atoms with Gasteiger partial charge in [0, 0.05) is 39.4 Å². The van der Waals surface area contributed by atoms with Gasteiger partial charge in [0.05, 0.1) is 12.6 Å². The number of methoxy groups -OCH3 is 1. The van der Waals surface area contributed by atoms with Crippen molar-refractivity contribution in [2.75, 3.05) is 38.8 Å². The summed E-state index contributed by atoms with van der Waals surface area (Å²) in [5.74, 6) is 0.825. The first-order valence-electron chi connectivity index (χ1n) is 7.06. The van der Waals surface area contributed by atoms with Crippen molar-refractivity contribution in [3.63, 3.8) is 0 Å². The molecule has 1 heterocycles. The van der Waals surface area contributed by atoms with Crippen LogP contribution in [0.25, 0.3) is 0 Å². The minimum atomic E-state index is 0.0615. The van der Waals surface area contributed by atoms with Gasteiger partial charge in [0.1, 0.15) is 0 Å². The van der Waals surface area contributed by atoms with E-state index in [2.05, 4.69) is 15.6 Å². The van der Waals surface area contributed by atoms with Crippen molar-refractivity contribution in [1.29, 1.82) is 0 Å². The smallest absolute Gasteiger partial charge is 0.229 e. The molecule has 2 rings (SSSR count). The molecule has 0 radical (unpaired) electrons. The molecule has 114 valence electrons. The molecule has 1 amide bonds. The Bertz CT molecular complexity index is 490. The number of carbonyl (C=O) groups excluding carboxylic acids is 1. The number of nitrogens with zero attached hydrogens (tertiary/aromatic N) is 2. The minimum Gasteiger partial charge on any atom is -0.383 e. The van der Waals surface area contributed by atoms with Crippen LogP contribution >= 0.6 is 0 Å². The Morgan fingerprint density at radius 1 is 1.43 bits per heavy atom. The highest BCUT2D eigenvalue weighted by atomic mass is 16.5. The number of amides is 1. The van der Waals surface area contributed by atoms with Crippen molar-refractivity contribution in [3.05, 3.63) is 30.3 Å². The molecule has 1 fully saturated rings. The molecule has 0 spiro atoms. The van der Waals surface area contributed by atoms with Gasteiger partial charge >= 0.3 is 0 Å². The fourth-order valence-electron chi connectivity index (χ4n) is 2.32. The number of benzene rings is 1. The lowest BCUT2D eigenvalue weighted by Gasteiger charge is -2.18. The predicted octanol–water partition coefficient (Wildman–Crippen LogP) is 0.603. The Balaban J connectivity index is 1.90. The van der Waals surface area contributed by atoms with Crippen molar-refractivity contribution in [1.82, 2.24) is 10.6 Å². The molecule has 1 aliphatic heterocycles. The van der Waals surface area contributed by atoms with Crippen LogP contribution in [-0.4, -0.2) is 51.8 Å². The third kappa shape index (κ3) is 4.19. The van der Waals surface area contributed by atoms with Gasteiger partial charge in [-0.05, 0) is 12.1 Å². The molecule has 0 bridgehead atoms. The molecule has 0 aliphatic carbocycles. The number of hydrogen-bond acceptors (Lipinski definition) is 3. The summed E-state index contributed by atoms with van der Waals surface area (Å²) in [4.78, 5) is 18.1. The molecule has 1 atom stereocenters. The van der Waals surface area contributed by atoms with Crippen LogP contribution in [0.1, 0.15) is 6.42 Å². The summed E-state index contributed by atoms with van der Waals surface area (Å²) in [7, 11) is 3.37. The standard InChI is InChI=1S/C15H22N4O2/c1-16-15(17-8-9-21-2)18-12-10-14(20)19(11-12)13-6-4-3-5-7-13/h3-7,12H,8-11H2,1-2H3,(H2,16,17,18). The molecule has 1 aliphatic rings. The van der Waals surface area contributed by atoms with Crippen LogP contribution in [0.3, 0.4) is 0 Å². The third-order valence-electron chi connectivity index (χ3n) is 3.36. The van der Waals surface area contributed by atoms with Crippen LogP contribution in [0.2, 0.25) is 0 Å². The first-order chi connectivity index (χ1) is 10.2. The van der Waals surface area contributed by atoms with E-state index in [-0.39, 0.29) is 11.9 Å². The lowest BCUT2D eigenvalue weighted by molar-refractivity contribution is -0.117. The minimum absolute atomic E-state index is 0.0615. The summed E-state index contributed by atoms with van der Waals surface area (Å²) < 4.78 is 4.99. The summed E-state index contributed by atoms with van der Waals surface area (Å²) in [6.07, 6.45) is 0.472. The lowest BCUT2D eigenvalue weighted by Crippen LogP contribution is -2.45. The number of para-hydroxylation sites is 1. The van der Waals surface area contributed by atoms with E-state index >= 15 is 0 Å². The van der Waals surface area contributed by atoms with E-state index in [1.165, 1.54) is 0 Å². The summed E-state index contributed by atoms with van der Waals surface area (Å²) in [6, 6.07) is 9.79. The normalized spacial score (nSPS) is 19.0. The van der Waals surface area contributed by atoms with Gasteiger partial charge in [-0.25, -0.2) is 0 Å². The van der Waals surface area contributed by atoms with Gasteiger partial charge in [0.25, 0.3) is 0 Å². The first-order valence-corrected chi connectivity index (χ1v) is 7.06. The van der Waals surface area contributed by atoms with Crippen LogP contribution in [0.15, 0.2) is 35.3 Å². The third-order valence-corrected chi connectivity index (χ3v) is 3.36. The zero-order valence-electron chi connectivity index (χ0n) is 12.5. The maximum Gasteiger partial charge on any atom is 0.229 e. The Kier molecular flexibility index (Phi) is 5.57. The molecule has 1 unspecified atom stereocenters. The fourth-order valence-corrected chi connectivity index (χ4v) is 2.32. The summed E-state index contributed by atoms with van der Waals surface area (Å²) >= 11 is 0. The largest absolute Gasteiger partial charge is 0.383 e. The van der Waals surface area contributed by atoms with E-state index in [4.69, 9.17) is 4.74 Å². The van der Waals surface area contributed by atoms with Crippen molar-refractivity contribution in [2.24, 2.45) is 4.99 Å². The van der Waals surface area contributed by atoms with Gasteiger partial charge in [-0.2, -0.15) is 0 Å². The van der Waals surface area contributed by atoms with Crippen LogP contribution in [0.5, 0.6) is 0 Å². The van der Waals surface area contributed by atoms with E-state index in [0.717, 1.165) is 5.69 Å². The molecular weight excluding hydrogens is 268 g/mol. The van der Waals surface area contributed by atoms with E-state index in [0.29, 0.717) is 32.1 Å². The van der Waals surface area contributed by atoms with Gasteiger partial charge < -0.3 is 20.3 Å². The molecule has 1 aromatic carbocycles. The van der Waals surface area contributed by atoms with Crippen LogP contribution in [0, 0.1) is 0 Å². The second-order valence-corrected chi connectivity index (χ2v) is 4.88. The van der Waals surface area contributed by atoms with Crippen LogP contribution in [-0.2, 0) is 9.53 Å². The van der Waals surface area contributed by atoms with Gasteiger partial charge in [-0.15, -0.1) is 0 Å². The Hall–Kier alpha value is -2.08. The number of ether oxygens (including phenoxy) is 1. The number of carbonyl (C=O) groups is 1. The quantitative estimate of drug-likeness (QED) is 0.473. The van der Waals surface area contributed by atoms with E-state index < -0.39 is 0 Å². The van der Waals surface area contributed by atoms with Gasteiger partial charge in [0.2, 0.25) is 5.91 Å². The Labute approximate surface area is 125 Å². The van der Waals surface area contributed by atoms with Crippen molar-refractivity contribution in [3.8, 4) is 0 Å². The van der Waals surface area contributed by atoms with Gasteiger partial charge in [-0.3, -0.25) is 9.79 Å². The van der Waals surface area contributed by atoms with Gasteiger partial charge in [0.15, 0.2) is 5.96 Å². The Morgan fingerprint density at radius 3 is 2.86 bits per heavy atom. The molecule has 21 heavy (non-hydrogen) atoms. The molecule has 0 saturated carbocycles. The number of rotatable bonds is 5. The lowest BCUT2D eigenvalue weighted by atomic mass is 10.2. The first kappa shape index (κ1) is 15.3. The van der Waals surface area contributed by atoms with Crippen molar-refractivity contribution < 1.29 is 9.53 Å². The predicted molar refractivity (Wildman–Crippen MR) is 83.6 cm³/mol. The molecule has 0 aromatic heterocycles. The molecule has 6 heteroatoms. The van der Waals surface area contributed by atoms with Crippen molar-refractivity contribution >= 4 is 17.6 Å². The monoisotopic (exact) mass is 290 g/mol. The molecule has 1 saturated heterocycles. The molecule has 2 N–H and O–H groups in total. The highest BCUT2D eigenvalue weighted by molar-refractivity contribution is 5.97. The van der Waals surface area contributed by atoms with E-state index in [1.54, 1.807) is 19.1 Å². The summed E-state index contributed by atoms with van der Waals surface area (Å²) in [5.41, 5.74) is 0.939. The number of aliphatic imine (C=N–C) groups is 1. The van der Waals surface area contributed by atoms with E-state index in [9.17, 15) is 4.79 Å².